The van der Waals surface area contributed by atoms with E-state index in [4.69, 9.17) is 43.8 Å². The van der Waals surface area contributed by atoms with Crippen molar-refractivity contribution in [2.45, 2.75) is 55.6 Å². The largest absolute Gasteiger partial charge is 0.386 e. The summed E-state index contributed by atoms with van der Waals surface area (Å²) in [5.41, 5.74) is 9.75. The highest BCUT2D eigenvalue weighted by Gasteiger charge is 2.59. The summed E-state index contributed by atoms with van der Waals surface area (Å²) in [5.74, 6) is -0.131. The quantitative estimate of drug-likeness (QED) is 0.148. The Bertz CT molecular complexity index is 2020. The number of hydrogen-bond acceptors (Lipinski definition) is 17. The summed E-state index contributed by atoms with van der Waals surface area (Å²) >= 11 is 8.25. The van der Waals surface area contributed by atoms with Crippen molar-refractivity contribution in [2.75, 3.05) is 31.8 Å². The molecule has 4 aromatic rings. The summed E-state index contributed by atoms with van der Waals surface area (Å²) in [6, 6.07) is 0. The summed E-state index contributed by atoms with van der Waals surface area (Å²) < 4.78 is 86.8. The smallest absolute Gasteiger partial charge is 0.382 e. The molecule has 3 aliphatic heterocycles. The first kappa shape index (κ1) is 32.8. The number of nitrogens with zero attached hydrogens (tertiary/aromatic N) is 7. The highest BCUT2D eigenvalue weighted by molar-refractivity contribution is 8.44. The van der Waals surface area contributed by atoms with Crippen molar-refractivity contribution in [1.29, 1.82) is 0 Å². The molecule has 0 amide bonds. The third-order valence-corrected chi connectivity index (χ3v) is 11.1. The summed E-state index contributed by atoms with van der Waals surface area (Å²) in [6.07, 6.45) is -6.28. The average molecular weight is 737 g/mol. The molecule has 47 heavy (non-hydrogen) atoms. The summed E-state index contributed by atoms with van der Waals surface area (Å²) in [4.78, 5) is 35.2. The Labute approximate surface area is 273 Å². The van der Waals surface area contributed by atoms with Gasteiger partial charge in [-0.3, -0.25) is 37.0 Å². The number of ether oxygens (including phenoxy) is 3. The van der Waals surface area contributed by atoms with Gasteiger partial charge in [-0.25, -0.2) is 33.5 Å². The Morgan fingerprint density at radius 3 is 2.49 bits per heavy atom. The van der Waals surface area contributed by atoms with Gasteiger partial charge in [-0.1, -0.05) is 24.5 Å². The van der Waals surface area contributed by atoms with Crippen LogP contribution < -0.4 is 17.0 Å². The second kappa shape index (κ2) is 11.7. The van der Waals surface area contributed by atoms with Crippen molar-refractivity contribution in [3.63, 3.8) is 0 Å². The number of nitrogens with two attached hydrogens (primary N) is 2. The lowest BCUT2D eigenvalue weighted by atomic mass is 9.98. The molecule has 5 N–H and O–H groups in total. The molecular weight excluding hydrogens is 709 g/mol. The predicted molar refractivity (Wildman–Crippen MR) is 165 cm³/mol. The lowest BCUT2D eigenvalue weighted by Gasteiger charge is -2.33. The lowest BCUT2D eigenvalue weighted by molar-refractivity contribution is -0.112. The molecule has 2 bridgehead atoms. The van der Waals surface area contributed by atoms with E-state index >= 15 is 4.39 Å². The first-order valence-electron chi connectivity index (χ1n) is 13.7. The zero-order valence-electron chi connectivity index (χ0n) is 24.2. The number of thiol groups is 2. The van der Waals surface area contributed by atoms with Crippen LogP contribution in [0.15, 0.2) is 23.8 Å². The normalized spacial score (nSPS) is 38.2. The molecule has 7 rings (SSSR count). The van der Waals surface area contributed by atoms with E-state index in [1.54, 1.807) is 0 Å². The second-order valence-electron chi connectivity index (χ2n) is 11.0. The molecule has 0 aliphatic carbocycles. The molecule has 10 atom stereocenters. The van der Waals surface area contributed by atoms with Crippen molar-refractivity contribution in [2.24, 2.45) is 0 Å². The molecule has 0 radical (unpaired) electrons. The maximum atomic E-state index is 16.0. The summed E-state index contributed by atoms with van der Waals surface area (Å²) in [6.45, 7) is -8.57. The minimum Gasteiger partial charge on any atom is -0.382 e. The fourth-order valence-electron chi connectivity index (χ4n) is 5.74. The number of imidazole rings is 2. The van der Waals surface area contributed by atoms with Crippen LogP contribution in [0.2, 0.25) is 0 Å². The number of nitrogens with one attached hydrogen (secondary N) is 1. The molecule has 7 heterocycles. The molecule has 0 unspecified atom stereocenters. The third-order valence-electron chi connectivity index (χ3n) is 7.91. The fourth-order valence-corrected chi connectivity index (χ4v) is 8.78. The number of methoxy groups -OCH3 is 1. The zero-order valence-corrected chi connectivity index (χ0v) is 27.8. The number of aromatic amines is 1. The van der Waals surface area contributed by atoms with Gasteiger partial charge in [-0.15, -0.1) is 0 Å². The van der Waals surface area contributed by atoms with Crippen LogP contribution in [0.3, 0.4) is 0 Å². The SMILES string of the molecule is CO[C@H]1[C@H](n2cnc3c(N)ncnc32)O[C@]2(C)CO[P@](=O)(S)O[C@@H]3[C@H](F)[C@@H](CO[P@](=O)(S)O[C@@H]12)O[C@H]3n1cnc2c(=O)[nH]c(N)nc21. The highest BCUT2D eigenvalue weighted by Crippen LogP contribution is 2.62. The van der Waals surface area contributed by atoms with Crippen molar-refractivity contribution < 1.29 is 45.8 Å². The molecular formula is C22H27FN10O10P2S2. The van der Waals surface area contributed by atoms with E-state index in [2.05, 4.69) is 54.4 Å². The number of H-pyrrole nitrogens is 1. The molecule has 20 nitrogen and oxygen atoms in total. The zero-order chi connectivity index (χ0) is 33.5. The molecule has 3 fully saturated rings. The average Bonchev–Trinajstić information content (AvgIpc) is 3.75. The molecule has 25 heteroatoms. The van der Waals surface area contributed by atoms with E-state index in [1.165, 1.54) is 35.8 Å². The van der Waals surface area contributed by atoms with Crippen LogP contribution in [0.5, 0.6) is 0 Å². The van der Waals surface area contributed by atoms with Crippen LogP contribution in [0.4, 0.5) is 16.2 Å². The number of nitrogen functional groups attached to an aromatic ring is 2. The maximum absolute atomic E-state index is 16.0. The number of anilines is 2. The van der Waals surface area contributed by atoms with E-state index in [0.29, 0.717) is 0 Å². The standard InChI is InChI=1S/C22H27FN10O10P2S2/c1-22-4-39-45(36,47)42-12-9(23)8(40-19(12)33-7-29-11-17(33)30-21(25)31-18(11)34)3-38-44(35,46)43-14(22)13(37-2)20(41-22)32-6-28-10-15(24)26-5-27-16(10)32/h5-9,12-14,19-20H,3-4H2,1-2H3,(H,35,46)(H,36,47)(H2,24,26,27)(H3,25,30,31,34)/t8-,9-,12-,13-,14+,19-,20-,22-,44+,45+/m1/s1. The van der Waals surface area contributed by atoms with Gasteiger partial charge in [-0.05, 0) is 6.92 Å². The monoisotopic (exact) mass is 736 g/mol. The number of rotatable bonds is 3. The van der Waals surface area contributed by atoms with E-state index in [-0.39, 0.29) is 34.1 Å². The first-order chi connectivity index (χ1) is 22.2. The Morgan fingerprint density at radius 1 is 1.04 bits per heavy atom. The Morgan fingerprint density at radius 2 is 1.74 bits per heavy atom. The van der Waals surface area contributed by atoms with Crippen LogP contribution in [0, 0.1) is 0 Å². The molecule has 0 saturated carbocycles. The Kier molecular flexibility index (Phi) is 8.19. The minimum absolute atomic E-state index is 0.0803. The first-order valence-corrected chi connectivity index (χ1v) is 19.1. The van der Waals surface area contributed by atoms with Crippen LogP contribution in [-0.4, -0.2) is 95.6 Å². The van der Waals surface area contributed by atoms with Gasteiger partial charge in [0.25, 0.3) is 5.56 Å². The van der Waals surface area contributed by atoms with Crippen molar-refractivity contribution in [3.8, 4) is 0 Å². The van der Waals surface area contributed by atoms with E-state index < -0.39 is 81.0 Å². The third kappa shape index (κ3) is 5.76. The number of alkyl halides is 1. The molecule has 254 valence electrons. The molecule has 3 saturated heterocycles. The Balaban J connectivity index is 1.24. The van der Waals surface area contributed by atoms with Gasteiger partial charge >= 0.3 is 13.6 Å². The molecule has 0 aromatic carbocycles. The number of fused-ring (bicyclic) bond motifs is 5. The van der Waals surface area contributed by atoms with Gasteiger partial charge in [0.15, 0.2) is 41.3 Å². The van der Waals surface area contributed by atoms with Crippen molar-refractivity contribution in [3.05, 3.63) is 29.3 Å². The van der Waals surface area contributed by atoms with Crippen LogP contribution in [0.1, 0.15) is 19.4 Å². The summed E-state index contributed by atoms with van der Waals surface area (Å²) in [7, 11) is 1.36. The van der Waals surface area contributed by atoms with Crippen molar-refractivity contribution >= 4 is 72.2 Å². The number of halogens is 1. The highest BCUT2D eigenvalue weighted by atomic mass is 32.7. The molecule has 3 aliphatic rings. The summed E-state index contributed by atoms with van der Waals surface area (Å²) in [5, 5.41) is 0. The lowest BCUT2D eigenvalue weighted by Crippen LogP contribution is -2.46. The van der Waals surface area contributed by atoms with E-state index in [1.807, 2.05) is 0 Å². The van der Waals surface area contributed by atoms with Gasteiger partial charge in [0, 0.05) is 7.11 Å². The molecule has 4 aromatic heterocycles. The van der Waals surface area contributed by atoms with Gasteiger partial charge in [-0.2, -0.15) is 4.98 Å². The van der Waals surface area contributed by atoms with E-state index in [9.17, 15) is 13.9 Å². The number of aromatic nitrogens is 8. The van der Waals surface area contributed by atoms with Gasteiger partial charge in [0.2, 0.25) is 5.95 Å². The minimum atomic E-state index is -4.47. The second-order valence-corrected chi connectivity index (χ2v) is 16.7. The van der Waals surface area contributed by atoms with Crippen LogP contribution in [-0.2, 0) is 41.4 Å². The van der Waals surface area contributed by atoms with Gasteiger partial charge in [0.05, 0.1) is 25.9 Å². The maximum Gasteiger partial charge on any atom is 0.386 e. The van der Waals surface area contributed by atoms with Crippen LogP contribution >= 0.6 is 38.1 Å². The van der Waals surface area contributed by atoms with Crippen molar-refractivity contribution in [1.82, 2.24) is 39.0 Å². The predicted octanol–water partition coefficient (Wildman–Crippen LogP) is 1.55. The Hall–Kier alpha value is -2.69. The van der Waals surface area contributed by atoms with Gasteiger partial charge in [0.1, 0.15) is 41.9 Å². The topological polar surface area (TPSA) is 258 Å². The molecule has 0 spiro atoms. The number of hydrogen-bond donors (Lipinski definition) is 5. The van der Waals surface area contributed by atoms with Crippen LogP contribution in [0.25, 0.3) is 22.3 Å². The fraction of sp³-hybridized carbons (Fsp3) is 0.545. The van der Waals surface area contributed by atoms with Gasteiger partial charge < -0.3 is 25.7 Å². The van der Waals surface area contributed by atoms with E-state index in [0.717, 1.165) is 6.33 Å².